The van der Waals surface area contributed by atoms with E-state index in [1.165, 1.54) is 28.8 Å². The van der Waals surface area contributed by atoms with Crippen LogP contribution in [0.5, 0.6) is 0 Å². The van der Waals surface area contributed by atoms with E-state index in [4.69, 9.17) is 27.0 Å². The van der Waals surface area contributed by atoms with Crippen molar-refractivity contribution in [2.75, 3.05) is 11.6 Å². The first-order valence-corrected chi connectivity index (χ1v) is 10.4. The number of nitrogens with zero attached hydrogens (tertiary/aromatic N) is 1. The molecule has 2 heterocycles. The lowest BCUT2D eigenvalue weighted by molar-refractivity contribution is -0.147. The number of carboxylic acids is 1. The van der Waals surface area contributed by atoms with E-state index >= 15 is 0 Å². The number of hydrogen-bond donors (Lipinski definition) is 3. The number of nitrogens with two attached hydrogens (primary N) is 1. The molecule has 2 aliphatic rings. The number of rotatable bonds is 3. The highest BCUT2D eigenvalue weighted by Crippen LogP contribution is 2.39. The van der Waals surface area contributed by atoms with Gasteiger partial charge in [0.05, 0.1) is 4.90 Å². The number of amides is 1. The predicted molar refractivity (Wildman–Crippen MR) is 97.4 cm³/mol. The lowest BCUT2D eigenvalue weighted by Crippen LogP contribution is -2.68. The van der Waals surface area contributed by atoms with Gasteiger partial charge in [0.2, 0.25) is 5.91 Å². The maximum atomic E-state index is 11.4. The van der Waals surface area contributed by atoms with E-state index in [2.05, 4.69) is 0 Å². The fourth-order valence-electron chi connectivity index (χ4n) is 2.39. The molecule has 1 saturated heterocycles. The minimum atomic E-state index is -4.02. The molecule has 1 amide bonds. The van der Waals surface area contributed by atoms with Gasteiger partial charge in [-0.2, -0.15) is 8.42 Å². The Labute approximate surface area is 159 Å². The smallest absolute Gasteiger partial charge is 0.352 e. The van der Waals surface area contributed by atoms with Crippen LogP contribution in [-0.2, 0) is 19.7 Å². The zero-order valence-electron chi connectivity index (χ0n) is 13.6. The van der Waals surface area contributed by atoms with Crippen molar-refractivity contribution in [3.05, 3.63) is 41.1 Å². The van der Waals surface area contributed by atoms with E-state index in [0.717, 1.165) is 5.56 Å². The lowest BCUT2D eigenvalue weighted by atomic mass is 10.0. The zero-order chi connectivity index (χ0) is 19.6. The maximum absolute atomic E-state index is 11.4. The van der Waals surface area contributed by atoms with Crippen molar-refractivity contribution < 1.29 is 27.7 Å². The van der Waals surface area contributed by atoms with Gasteiger partial charge in [0.15, 0.2) is 0 Å². The largest absolute Gasteiger partial charge is 0.477 e. The number of alkyl halides is 1. The number of carboxylic acid groups (broad SMARTS) is 1. The number of carbonyl (C=O) groups is 2. The van der Waals surface area contributed by atoms with Crippen molar-refractivity contribution in [1.82, 2.24) is 4.90 Å². The van der Waals surface area contributed by atoms with E-state index in [0.29, 0.717) is 11.3 Å². The van der Waals surface area contributed by atoms with Gasteiger partial charge in [-0.1, -0.05) is 17.7 Å². The second-order valence-electron chi connectivity index (χ2n) is 5.61. The van der Waals surface area contributed by atoms with Gasteiger partial charge in [0, 0.05) is 11.6 Å². The van der Waals surface area contributed by atoms with Gasteiger partial charge < -0.3 is 10.8 Å². The number of benzene rings is 1. The number of halogens is 1. The summed E-state index contributed by atoms with van der Waals surface area (Å²) in [5.74, 6) is -0.809. The van der Waals surface area contributed by atoms with Gasteiger partial charge in [-0.15, -0.1) is 23.4 Å². The molecule has 2 atom stereocenters. The van der Waals surface area contributed by atoms with E-state index in [9.17, 15) is 18.0 Å². The number of aliphatic carboxylic acids is 1. The molecule has 1 aromatic rings. The van der Waals surface area contributed by atoms with Crippen LogP contribution in [0.1, 0.15) is 5.56 Å². The highest BCUT2D eigenvalue weighted by atomic mass is 35.5. The minimum Gasteiger partial charge on any atom is -0.477 e. The SMILES string of the molecule is Cc1ccc(S(=O)(=O)O)cc1.NC1C(=O)N2C(C(=O)O)=C(CCl)CS[C@H]12. The molecule has 4 N–H and O–H groups in total. The molecular formula is C15H17ClN2O6S2. The Morgan fingerprint density at radius 2 is 1.96 bits per heavy atom. The predicted octanol–water partition coefficient (Wildman–Crippen LogP) is 1.05. The van der Waals surface area contributed by atoms with Gasteiger partial charge >= 0.3 is 5.97 Å². The van der Waals surface area contributed by atoms with Crippen LogP contribution in [0.15, 0.2) is 40.4 Å². The van der Waals surface area contributed by atoms with E-state index in [1.807, 2.05) is 6.92 Å². The molecule has 0 saturated carbocycles. The zero-order valence-corrected chi connectivity index (χ0v) is 16.0. The fourth-order valence-corrected chi connectivity index (χ4v) is 4.50. The molecule has 0 radical (unpaired) electrons. The molecule has 0 aromatic heterocycles. The van der Waals surface area contributed by atoms with Crippen molar-refractivity contribution in [2.45, 2.75) is 23.2 Å². The highest BCUT2D eigenvalue weighted by Gasteiger charge is 2.51. The molecule has 2 aliphatic heterocycles. The maximum Gasteiger partial charge on any atom is 0.352 e. The molecule has 1 aromatic carbocycles. The van der Waals surface area contributed by atoms with Crippen molar-refractivity contribution >= 4 is 45.4 Å². The number of hydrogen-bond acceptors (Lipinski definition) is 6. The van der Waals surface area contributed by atoms with Crippen molar-refractivity contribution in [2.24, 2.45) is 5.73 Å². The number of thioether (sulfide) groups is 1. The first-order valence-electron chi connectivity index (χ1n) is 7.33. The highest BCUT2D eigenvalue weighted by molar-refractivity contribution is 8.00. The molecular weight excluding hydrogens is 404 g/mol. The molecule has 142 valence electrons. The average molecular weight is 421 g/mol. The minimum absolute atomic E-state index is 0.0143. The molecule has 8 nitrogen and oxygen atoms in total. The summed E-state index contributed by atoms with van der Waals surface area (Å²) in [5.41, 5.74) is 7.11. The first-order chi connectivity index (χ1) is 12.1. The molecule has 0 spiro atoms. The van der Waals surface area contributed by atoms with Gasteiger partial charge in [0.1, 0.15) is 17.1 Å². The molecule has 3 rings (SSSR count). The molecule has 26 heavy (non-hydrogen) atoms. The van der Waals surface area contributed by atoms with Crippen molar-refractivity contribution in [3.63, 3.8) is 0 Å². The Morgan fingerprint density at radius 1 is 1.38 bits per heavy atom. The number of aryl methyl sites for hydroxylation is 1. The molecule has 11 heteroatoms. The average Bonchev–Trinajstić information content (AvgIpc) is 2.59. The fraction of sp³-hybridized carbons (Fsp3) is 0.333. The normalized spacial score (nSPS) is 22.2. The Morgan fingerprint density at radius 3 is 2.42 bits per heavy atom. The first kappa shape index (κ1) is 20.7. The van der Waals surface area contributed by atoms with E-state index < -0.39 is 22.1 Å². The van der Waals surface area contributed by atoms with Crippen LogP contribution in [0.2, 0.25) is 0 Å². The Kier molecular flexibility index (Phi) is 6.35. The topological polar surface area (TPSA) is 138 Å². The quantitative estimate of drug-likeness (QED) is 0.374. The van der Waals surface area contributed by atoms with Gasteiger partial charge in [-0.05, 0) is 24.6 Å². The summed E-state index contributed by atoms with van der Waals surface area (Å²) >= 11 is 7.09. The molecule has 0 aliphatic carbocycles. The van der Waals surface area contributed by atoms with Crippen LogP contribution >= 0.6 is 23.4 Å². The third-order valence-corrected chi connectivity index (χ3v) is 6.32. The monoisotopic (exact) mass is 420 g/mol. The van der Waals surface area contributed by atoms with Crippen molar-refractivity contribution in [1.29, 1.82) is 0 Å². The lowest BCUT2D eigenvalue weighted by Gasteiger charge is -2.47. The summed E-state index contributed by atoms with van der Waals surface area (Å²) in [4.78, 5) is 23.6. The summed E-state index contributed by atoms with van der Waals surface area (Å²) in [6.07, 6.45) is 0. The van der Waals surface area contributed by atoms with Gasteiger partial charge in [-0.3, -0.25) is 14.2 Å². The number of fused-ring (bicyclic) bond motifs is 1. The Hall–Kier alpha value is -1.59. The third kappa shape index (κ3) is 4.21. The van der Waals surface area contributed by atoms with Crippen molar-refractivity contribution in [3.8, 4) is 0 Å². The van der Waals surface area contributed by atoms with Gasteiger partial charge in [-0.25, -0.2) is 4.79 Å². The molecule has 0 bridgehead atoms. The van der Waals surface area contributed by atoms with Gasteiger partial charge in [0.25, 0.3) is 10.1 Å². The summed E-state index contributed by atoms with van der Waals surface area (Å²) in [7, 11) is -4.02. The Balaban J connectivity index is 0.000000197. The van der Waals surface area contributed by atoms with E-state index in [1.54, 1.807) is 12.1 Å². The third-order valence-electron chi connectivity index (χ3n) is 3.77. The summed E-state index contributed by atoms with van der Waals surface area (Å²) in [6.45, 7) is 1.84. The van der Waals surface area contributed by atoms with E-state index in [-0.39, 0.29) is 27.8 Å². The number of β-lactam (4-membered cyclic amide) rings is 1. The number of carbonyl (C=O) groups excluding carboxylic acids is 1. The Bertz CT molecular complexity index is 853. The summed E-state index contributed by atoms with van der Waals surface area (Å²) in [5, 5.41) is 8.77. The summed E-state index contributed by atoms with van der Waals surface area (Å²) in [6, 6.07) is 5.41. The summed E-state index contributed by atoms with van der Waals surface area (Å²) < 4.78 is 29.6. The second kappa shape index (κ2) is 7.97. The van der Waals surface area contributed by atoms with Crippen LogP contribution < -0.4 is 5.73 Å². The second-order valence-corrected chi connectivity index (χ2v) is 8.41. The van der Waals surface area contributed by atoms with Crippen LogP contribution in [0.4, 0.5) is 0 Å². The van der Waals surface area contributed by atoms with Crippen LogP contribution in [-0.4, -0.2) is 57.9 Å². The van der Waals surface area contributed by atoms with Crippen LogP contribution in [0.3, 0.4) is 0 Å². The standard InChI is InChI=1S/C8H9ClN2O3S.C7H8O3S/c9-1-3-2-15-7-4(10)6(12)11(7)5(3)8(13)14;1-6-2-4-7(5-3-6)11(8,9)10/h4,7H,1-2,10H2,(H,13,14);2-5H,1H3,(H,8,9,10)/t4?,7-;/m1./s1. The molecule has 1 unspecified atom stereocenters. The van der Waals surface area contributed by atoms with Crippen LogP contribution in [0.25, 0.3) is 0 Å². The molecule has 1 fully saturated rings. The van der Waals surface area contributed by atoms with Crippen LogP contribution in [0, 0.1) is 6.92 Å².